The number of furan rings is 1. The highest BCUT2D eigenvalue weighted by Gasteiger charge is 2.33. The first kappa shape index (κ1) is 19.1. The molecular weight excluding hydrogens is 377 g/mol. The average Bonchev–Trinajstić information content (AvgIpc) is 3.21. The van der Waals surface area contributed by atoms with Gasteiger partial charge in [0.25, 0.3) is 0 Å². The van der Waals surface area contributed by atoms with Crippen molar-refractivity contribution in [3.05, 3.63) is 54.2 Å². The van der Waals surface area contributed by atoms with Crippen LogP contribution in [0.1, 0.15) is 23.4 Å². The van der Waals surface area contributed by atoms with Gasteiger partial charge in [0.05, 0.1) is 17.1 Å². The number of piperidine rings is 1. The molecule has 0 saturated carbocycles. The number of benzene rings is 1. The average molecular weight is 395 g/mol. The van der Waals surface area contributed by atoms with Gasteiger partial charge in [-0.15, -0.1) is 0 Å². The molecule has 2 heterocycles. The zero-order valence-electron chi connectivity index (χ0n) is 14.2. The molecule has 0 radical (unpaired) electrons. The summed E-state index contributed by atoms with van der Waals surface area (Å²) < 4.78 is 44.5. The van der Waals surface area contributed by atoms with Crippen molar-refractivity contribution in [2.45, 2.75) is 17.7 Å². The molecule has 1 fully saturated rings. The maximum atomic E-state index is 13.0. The number of hydrazine groups is 1. The SMILES string of the molecule is O=C(NNC(=O)[C@@H]1CCCN(S(=O)(=O)c2ccc(F)cc2)C1)c1ccco1. The quantitative estimate of drug-likeness (QED) is 0.758. The second-order valence-corrected chi connectivity index (χ2v) is 8.01. The van der Waals surface area contributed by atoms with E-state index in [1.807, 2.05) is 0 Å². The molecule has 27 heavy (non-hydrogen) atoms. The van der Waals surface area contributed by atoms with Gasteiger partial charge in [-0.25, -0.2) is 12.8 Å². The molecule has 0 unspecified atom stereocenters. The smallest absolute Gasteiger partial charge is 0.305 e. The van der Waals surface area contributed by atoms with Crippen molar-refractivity contribution in [2.24, 2.45) is 5.92 Å². The third kappa shape index (κ3) is 4.34. The molecule has 10 heteroatoms. The zero-order chi connectivity index (χ0) is 19.4. The Labute approximate surface area is 155 Å². The Morgan fingerprint density at radius 3 is 2.56 bits per heavy atom. The van der Waals surface area contributed by atoms with Gasteiger partial charge in [-0.3, -0.25) is 20.4 Å². The number of hydrogen-bond acceptors (Lipinski definition) is 5. The molecule has 8 nitrogen and oxygen atoms in total. The number of hydrogen-bond donors (Lipinski definition) is 2. The van der Waals surface area contributed by atoms with Gasteiger partial charge < -0.3 is 4.42 Å². The van der Waals surface area contributed by atoms with Crippen molar-refractivity contribution in [1.82, 2.24) is 15.2 Å². The Morgan fingerprint density at radius 2 is 1.89 bits per heavy atom. The van der Waals surface area contributed by atoms with Crippen LogP contribution in [-0.4, -0.2) is 37.6 Å². The minimum absolute atomic E-state index is 0.0256. The highest BCUT2D eigenvalue weighted by atomic mass is 32.2. The lowest BCUT2D eigenvalue weighted by atomic mass is 9.99. The summed E-state index contributed by atoms with van der Waals surface area (Å²) in [4.78, 5) is 24.0. The number of sulfonamides is 1. The lowest BCUT2D eigenvalue weighted by Crippen LogP contribution is -2.49. The molecule has 1 atom stereocenters. The van der Waals surface area contributed by atoms with E-state index in [1.54, 1.807) is 0 Å². The van der Waals surface area contributed by atoms with Gasteiger partial charge in [0.1, 0.15) is 5.82 Å². The van der Waals surface area contributed by atoms with E-state index in [2.05, 4.69) is 10.9 Å². The van der Waals surface area contributed by atoms with Crippen molar-refractivity contribution in [3.8, 4) is 0 Å². The van der Waals surface area contributed by atoms with Gasteiger partial charge in [0.15, 0.2) is 5.76 Å². The van der Waals surface area contributed by atoms with Gasteiger partial charge >= 0.3 is 5.91 Å². The number of nitrogens with one attached hydrogen (secondary N) is 2. The summed E-state index contributed by atoms with van der Waals surface area (Å²) in [5.74, 6) is -2.21. The van der Waals surface area contributed by atoms with Gasteiger partial charge in [0, 0.05) is 13.1 Å². The first-order valence-corrected chi connectivity index (χ1v) is 9.71. The molecular formula is C17H18FN3O5S. The fourth-order valence-electron chi connectivity index (χ4n) is 2.82. The molecule has 1 saturated heterocycles. The van der Waals surface area contributed by atoms with Crippen LogP contribution in [0.15, 0.2) is 52.0 Å². The van der Waals surface area contributed by atoms with E-state index < -0.39 is 33.6 Å². The molecule has 2 aromatic rings. The summed E-state index contributed by atoms with van der Waals surface area (Å²) in [5, 5.41) is 0. The first-order valence-electron chi connectivity index (χ1n) is 8.27. The van der Waals surface area contributed by atoms with Crippen LogP contribution >= 0.6 is 0 Å². The van der Waals surface area contributed by atoms with Gasteiger partial charge in [0.2, 0.25) is 15.9 Å². The fourth-order valence-corrected chi connectivity index (χ4v) is 4.34. The Hall–Kier alpha value is -2.72. The normalized spacial score (nSPS) is 18.0. The molecule has 1 aliphatic heterocycles. The van der Waals surface area contributed by atoms with Gasteiger partial charge in [-0.1, -0.05) is 0 Å². The second kappa shape index (κ2) is 7.89. The fraction of sp³-hybridized carbons (Fsp3) is 0.294. The topological polar surface area (TPSA) is 109 Å². The maximum absolute atomic E-state index is 13.0. The number of amides is 2. The van der Waals surface area contributed by atoms with Crippen molar-refractivity contribution >= 4 is 21.8 Å². The summed E-state index contributed by atoms with van der Waals surface area (Å²) in [6.45, 7) is 0.240. The van der Waals surface area contributed by atoms with E-state index >= 15 is 0 Å². The number of carbonyl (C=O) groups excluding carboxylic acids is 2. The standard InChI is InChI=1S/C17H18FN3O5S/c18-13-5-7-14(8-6-13)27(24,25)21-9-1-3-12(11-21)16(22)19-20-17(23)15-4-2-10-26-15/h2,4-8,10,12H,1,3,9,11H2,(H,19,22)(H,20,23)/t12-/m1/s1. The predicted octanol–water partition coefficient (Wildman–Crippen LogP) is 1.28. The van der Waals surface area contributed by atoms with Gasteiger partial charge in [-0.05, 0) is 49.2 Å². The minimum Gasteiger partial charge on any atom is -0.459 e. The third-order valence-corrected chi connectivity index (χ3v) is 6.13. The Balaban J connectivity index is 1.62. The summed E-state index contributed by atoms with van der Waals surface area (Å²) in [5.41, 5.74) is 4.52. The molecule has 2 N–H and O–H groups in total. The van der Waals surface area contributed by atoms with Crippen molar-refractivity contribution in [1.29, 1.82) is 0 Å². The summed E-state index contributed by atoms with van der Waals surface area (Å²) in [7, 11) is -3.83. The van der Waals surface area contributed by atoms with Crippen LogP contribution in [0.4, 0.5) is 4.39 Å². The number of nitrogens with zero attached hydrogens (tertiary/aromatic N) is 1. The molecule has 0 spiro atoms. The second-order valence-electron chi connectivity index (χ2n) is 6.08. The molecule has 0 bridgehead atoms. The van der Waals surface area contributed by atoms with Crippen LogP contribution in [0.2, 0.25) is 0 Å². The van der Waals surface area contributed by atoms with Crippen LogP contribution < -0.4 is 10.9 Å². The lowest BCUT2D eigenvalue weighted by molar-refractivity contribution is -0.126. The van der Waals surface area contributed by atoms with E-state index in [0.29, 0.717) is 12.8 Å². The van der Waals surface area contributed by atoms with Crippen molar-refractivity contribution in [3.63, 3.8) is 0 Å². The van der Waals surface area contributed by atoms with E-state index in [0.717, 1.165) is 12.1 Å². The van der Waals surface area contributed by atoms with E-state index in [9.17, 15) is 22.4 Å². The van der Waals surface area contributed by atoms with E-state index in [1.165, 1.54) is 34.8 Å². The molecule has 3 rings (SSSR count). The zero-order valence-corrected chi connectivity index (χ0v) is 15.0. The highest BCUT2D eigenvalue weighted by Crippen LogP contribution is 2.24. The van der Waals surface area contributed by atoms with Crippen LogP contribution in [-0.2, 0) is 14.8 Å². The highest BCUT2D eigenvalue weighted by molar-refractivity contribution is 7.89. The van der Waals surface area contributed by atoms with Crippen LogP contribution in [0.5, 0.6) is 0 Å². The monoisotopic (exact) mass is 395 g/mol. The Morgan fingerprint density at radius 1 is 1.15 bits per heavy atom. The number of rotatable bonds is 4. The molecule has 1 aromatic carbocycles. The van der Waals surface area contributed by atoms with Crippen molar-refractivity contribution in [2.75, 3.05) is 13.1 Å². The number of halogens is 1. The Bertz CT molecular complexity index is 913. The first-order chi connectivity index (χ1) is 12.9. The van der Waals surface area contributed by atoms with E-state index in [-0.39, 0.29) is 23.7 Å². The molecule has 2 amide bonds. The molecule has 0 aliphatic carbocycles. The summed E-state index contributed by atoms with van der Waals surface area (Å²) in [6, 6.07) is 7.52. The lowest BCUT2D eigenvalue weighted by Gasteiger charge is -2.31. The summed E-state index contributed by atoms with van der Waals surface area (Å²) >= 11 is 0. The van der Waals surface area contributed by atoms with E-state index in [4.69, 9.17) is 4.42 Å². The molecule has 1 aromatic heterocycles. The van der Waals surface area contributed by atoms with Crippen molar-refractivity contribution < 1.29 is 26.8 Å². The Kier molecular flexibility index (Phi) is 5.57. The molecule has 1 aliphatic rings. The summed E-state index contributed by atoms with van der Waals surface area (Å²) in [6.07, 6.45) is 2.30. The van der Waals surface area contributed by atoms with Crippen LogP contribution in [0, 0.1) is 11.7 Å². The van der Waals surface area contributed by atoms with Crippen LogP contribution in [0.25, 0.3) is 0 Å². The van der Waals surface area contributed by atoms with Crippen LogP contribution in [0.3, 0.4) is 0 Å². The maximum Gasteiger partial charge on any atom is 0.305 e. The minimum atomic E-state index is -3.83. The largest absolute Gasteiger partial charge is 0.459 e. The number of carbonyl (C=O) groups is 2. The third-order valence-electron chi connectivity index (χ3n) is 4.25. The predicted molar refractivity (Wildman–Crippen MR) is 92.2 cm³/mol. The molecule has 144 valence electrons. The van der Waals surface area contributed by atoms with Gasteiger partial charge in [-0.2, -0.15) is 4.31 Å².